The van der Waals surface area contributed by atoms with Crippen molar-refractivity contribution in [2.45, 2.75) is 30.7 Å². The molecule has 35 heavy (non-hydrogen) atoms. The molecule has 0 bridgehead atoms. The molecule has 1 aromatic heterocycles. The molecule has 6 nitrogen and oxygen atoms in total. The van der Waals surface area contributed by atoms with Crippen molar-refractivity contribution < 1.29 is 17.9 Å². The summed E-state index contributed by atoms with van der Waals surface area (Å²) in [5.74, 6) is 0.489. The van der Waals surface area contributed by atoms with Crippen LogP contribution in [0.15, 0.2) is 57.9 Å². The van der Waals surface area contributed by atoms with Crippen LogP contribution in [-0.2, 0) is 16.4 Å². The average molecular weight is 616 g/mol. The largest absolute Gasteiger partial charge is 0.497 e. The highest BCUT2D eigenvalue weighted by atomic mass is 79.9. The van der Waals surface area contributed by atoms with Crippen molar-refractivity contribution in [2.75, 3.05) is 11.8 Å². The van der Waals surface area contributed by atoms with Crippen LogP contribution >= 0.6 is 50.5 Å². The lowest BCUT2D eigenvalue weighted by Crippen LogP contribution is -2.43. The van der Waals surface area contributed by atoms with Gasteiger partial charge in [0.05, 0.1) is 11.6 Å². The number of ether oxygens (including phenoxy) is 1. The summed E-state index contributed by atoms with van der Waals surface area (Å²) in [5.41, 5.74) is 3.21. The maximum Gasteiger partial charge on any atom is 0.265 e. The normalized spacial score (nSPS) is 15.9. The molecule has 2 aromatic carbocycles. The molecule has 0 fully saturated rings. The summed E-state index contributed by atoms with van der Waals surface area (Å²) in [5, 5.41) is 3.44. The van der Waals surface area contributed by atoms with Gasteiger partial charge in [-0.2, -0.15) is 0 Å². The summed E-state index contributed by atoms with van der Waals surface area (Å²) >= 11 is 16.2. The van der Waals surface area contributed by atoms with Crippen LogP contribution in [0, 0.1) is 0 Å². The molecule has 0 amide bonds. The second kappa shape index (κ2) is 9.78. The van der Waals surface area contributed by atoms with Crippen LogP contribution < -0.4 is 14.8 Å². The Bertz CT molecular complexity index is 1450. The summed E-state index contributed by atoms with van der Waals surface area (Å²) in [6, 6.07) is 12.0. The van der Waals surface area contributed by atoms with Crippen LogP contribution in [0.3, 0.4) is 0 Å². The number of fused-ring (bicyclic) bond motifs is 1. The Kier molecular flexibility index (Phi) is 7.28. The molecule has 2 N–H and O–H groups in total. The SMILES string of the molecule is COc1ccc2c(c1)C(=CC(=O)c1ccc(NS(=O)(=O)c3c(Cl)sc(Cl)c3Br)cc1)NC(C)(C)C2. The van der Waals surface area contributed by atoms with Crippen molar-refractivity contribution in [3.05, 3.63) is 78.4 Å². The maximum absolute atomic E-state index is 13.1. The van der Waals surface area contributed by atoms with E-state index in [0.717, 1.165) is 28.9 Å². The summed E-state index contributed by atoms with van der Waals surface area (Å²) in [7, 11) is -2.38. The van der Waals surface area contributed by atoms with Gasteiger partial charge in [-0.15, -0.1) is 11.3 Å². The van der Waals surface area contributed by atoms with E-state index in [2.05, 4.69) is 39.8 Å². The Morgan fingerprint density at radius 1 is 1.17 bits per heavy atom. The zero-order valence-corrected chi connectivity index (χ0v) is 23.6. The number of sulfonamides is 1. The van der Waals surface area contributed by atoms with E-state index in [4.69, 9.17) is 27.9 Å². The summed E-state index contributed by atoms with van der Waals surface area (Å²) in [6.45, 7) is 4.15. The van der Waals surface area contributed by atoms with Crippen LogP contribution in [0.5, 0.6) is 5.75 Å². The number of anilines is 1. The van der Waals surface area contributed by atoms with Crippen LogP contribution in [0.1, 0.15) is 35.3 Å². The van der Waals surface area contributed by atoms with Gasteiger partial charge in [0.15, 0.2) is 5.78 Å². The third-order valence-corrected chi connectivity index (χ3v) is 10.3. The summed E-state index contributed by atoms with van der Waals surface area (Å²) in [6.07, 6.45) is 2.37. The Labute approximate surface area is 226 Å². The predicted molar refractivity (Wildman–Crippen MR) is 146 cm³/mol. The van der Waals surface area contributed by atoms with Gasteiger partial charge < -0.3 is 10.1 Å². The lowest BCUT2D eigenvalue weighted by Gasteiger charge is -2.35. The first-order chi connectivity index (χ1) is 16.4. The molecule has 0 radical (unpaired) electrons. The number of nitrogens with one attached hydrogen (secondary N) is 2. The van der Waals surface area contributed by atoms with Gasteiger partial charge in [-0.3, -0.25) is 9.52 Å². The molecule has 1 aliphatic rings. The van der Waals surface area contributed by atoms with Gasteiger partial charge >= 0.3 is 0 Å². The minimum absolute atomic E-state index is 0.0487. The first kappa shape index (κ1) is 26.0. The molecule has 11 heteroatoms. The van der Waals surface area contributed by atoms with E-state index in [0.29, 0.717) is 17.0 Å². The Morgan fingerprint density at radius 2 is 1.86 bits per heavy atom. The van der Waals surface area contributed by atoms with Gasteiger partial charge in [0, 0.05) is 34.1 Å². The number of methoxy groups -OCH3 is 1. The van der Waals surface area contributed by atoms with Crippen LogP contribution in [0.4, 0.5) is 5.69 Å². The van der Waals surface area contributed by atoms with E-state index in [1.807, 2.05) is 18.2 Å². The molecule has 4 rings (SSSR count). The monoisotopic (exact) mass is 614 g/mol. The van der Waals surface area contributed by atoms with E-state index >= 15 is 0 Å². The van der Waals surface area contributed by atoms with Crippen molar-refractivity contribution in [3.8, 4) is 5.75 Å². The molecule has 0 spiro atoms. The topological polar surface area (TPSA) is 84.5 Å². The van der Waals surface area contributed by atoms with Crippen LogP contribution in [0.2, 0.25) is 8.67 Å². The van der Waals surface area contributed by atoms with Gasteiger partial charge in [-0.05, 0) is 78.2 Å². The summed E-state index contributed by atoms with van der Waals surface area (Å²) in [4.78, 5) is 12.9. The predicted octanol–water partition coefficient (Wildman–Crippen LogP) is 6.77. The second-order valence-electron chi connectivity index (χ2n) is 8.61. The number of rotatable bonds is 6. The second-order valence-corrected chi connectivity index (χ2v) is 13.2. The molecule has 184 valence electrons. The Morgan fingerprint density at radius 3 is 2.46 bits per heavy atom. The number of hydrogen-bond donors (Lipinski definition) is 2. The minimum Gasteiger partial charge on any atom is -0.497 e. The number of ketones is 1. The average Bonchev–Trinajstić information content (AvgIpc) is 3.04. The number of halogens is 3. The molecule has 0 saturated carbocycles. The standard InChI is InChI=1S/C24H21BrCl2N2O4S2/c1-24(2)12-14-6-9-16(33-3)10-17(14)18(28-24)11-19(30)13-4-7-15(8-5-13)29-35(31,32)21-20(25)22(26)34-23(21)27/h4-11,28-29H,12H2,1-3H3. The molecule has 0 saturated heterocycles. The maximum atomic E-state index is 13.1. The smallest absolute Gasteiger partial charge is 0.265 e. The van der Waals surface area contributed by atoms with E-state index in [-0.39, 0.29) is 35.1 Å². The van der Waals surface area contributed by atoms with Crippen molar-refractivity contribution in [1.82, 2.24) is 5.32 Å². The van der Waals surface area contributed by atoms with Crippen molar-refractivity contribution >= 4 is 77.7 Å². The summed E-state index contributed by atoms with van der Waals surface area (Å²) < 4.78 is 33.9. The zero-order chi connectivity index (χ0) is 25.5. The van der Waals surface area contributed by atoms with Gasteiger partial charge in [-0.1, -0.05) is 29.3 Å². The van der Waals surface area contributed by atoms with Gasteiger partial charge in [-0.25, -0.2) is 8.42 Å². The molecule has 1 aliphatic heterocycles. The highest BCUT2D eigenvalue weighted by Crippen LogP contribution is 2.43. The zero-order valence-electron chi connectivity index (χ0n) is 18.9. The molecule has 0 atom stereocenters. The van der Waals surface area contributed by atoms with Crippen molar-refractivity contribution in [1.29, 1.82) is 0 Å². The quantitative estimate of drug-likeness (QED) is 0.236. The minimum atomic E-state index is -3.98. The first-order valence-corrected chi connectivity index (χ1v) is 14.2. The van der Waals surface area contributed by atoms with Crippen molar-refractivity contribution in [2.24, 2.45) is 0 Å². The van der Waals surface area contributed by atoms with Gasteiger partial charge in [0.2, 0.25) is 0 Å². The number of carbonyl (C=O) groups is 1. The molecule has 0 aliphatic carbocycles. The van der Waals surface area contributed by atoms with E-state index < -0.39 is 10.0 Å². The molecule has 3 aromatic rings. The molecular formula is C24H21BrCl2N2O4S2. The first-order valence-electron chi connectivity index (χ1n) is 10.4. The van der Waals surface area contributed by atoms with Gasteiger partial charge in [0.1, 0.15) is 19.3 Å². The number of hydrogen-bond acceptors (Lipinski definition) is 6. The Hall–Kier alpha value is -2.04. The fraction of sp³-hybridized carbons (Fsp3) is 0.208. The number of carbonyl (C=O) groups excluding carboxylic acids is 1. The van der Waals surface area contributed by atoms with Gasteiger partial charge in [0.25, 0.3) is 10.0 Å². The van der Waals surface area contributed by atoms with E-state index in [1.165, 1.54) is 12.1 Å². The number of thiophene rings is 1. The molecular weight excluding hydrogens is 595 g/mol. The highest BCUT2D eigenvalue weighted by molar-refractivity contribution is 9.10. The van der Waals surface area contributed by atoms with E-state index in [1.54, 1.807) is 25.3 Å². The van der Waals surface area contributed by atoms with Crippen LogP contribution in [-0.4, -0.2) is 26.8 Å². The highest BCUT2D eigenvalue weighted by Gasteiger charge is 2.29. The fourth-order valence-electron chi connectivity index (χ4n) is 3.85. The third-order valence-electron chi connectivity index (χ3n) is 5.41. The molecule has 2 heterocycles. The third kappa shape index (κ3) is 5.54. The fourth-order valence-corrected chi connectivity index (χ4v) is 8.46. The molecule has 0 unspecified atom stereocenters. The number of benzene rings is 2. The Balaban J connectivity index is 1.59. The van der Waals surface area contributed by atoms with Crippen LogP contribution in [0.25, 0.3) is 5.70 Å². The van der Waals surface area contributed by atoms with E-state index in [9.17, 15) is 13.2 Å². The lowest BCUT2D eigenvalue weighted by molar-refractivity contribution is 0.104. The van der Waals surface area contributed by atoms with Crippen molar-refractivity contribution in [3.63, 3.8) is 0 Å². The lowest BCUT2D eigenvalue weighted by atomic mass is 9.85. The number of allylic oxidation sites excluding steroid dienone is 1.